The summed E-state index contributed by atoms with van der Waals surface area (Å²) in [6, 6.07) is 6.57. The van der Waals surface area contributed by atoms with E-state index < -0.39 is 49.0 Å². The van der Waals surface area contributed by atoms with Crippen molar-refractivity contribution in [2.75, 3.05) is 13.2 Å². The van der Waals surface area contributed by atoms with Crippen LogP contribution >= 0.6 is 61.6 Å². The number of benzene rings is 1. The summed E-state index contributed by atoms with van der Waals surface area (Å²) in [4.78, 5) is 12.2. The molecular formula is C30H44F5O5PS4. The van der Waals surface area contributed by atoms with Crippen LogP contribution in [0.3, 0.4) is 0 Å². The minimum atomic E-state index is -5.90. The molecule has 0 radical (unpaired) electrons. The van der Waals surface area contributed by atoms with Crippen LogP contribution in [0.4, 0.5) is 22.0 Å². The molecule has 2 fully saturated rings. The molecule has 5 rings (SSSR count). The van der Waals surface area contributed by atoms with E-state index in [1.54, 1.807) is 44.2 Å². The maximum absolute atomic E-state index is 15.1. The van der Waals surface area contributed by atoms with E-state index in [2.05, 4.69) is 0 Å². The van der Waals surface area contributed by atoms with Crippen LogP contribution in [0.5, 0.6) is 0 Å². The van der Waals surface area contributed by atoms with Crippen molar-refractivity contribution in [1.29, 1.82) is 0 Å². The summed E-state index contributed by atoms with van der Waals surface area (Å²) in [5, 5.41) is 11.7. The first-order valence-corrected chi connectivity index (χ1v) is 15.8. The third-order valence-electron chi connectivity index (χ3n) is 9.97. The van der Waals surface area contributed by atoms with Crippen molar-refractivity contribution in [2.45, 2.75) is 89.3 Å². The number of carbonyl (C=O) groups is 1. The van der Waals surface area contributed by atoms with Crippen molar-refractivity contribution in [3.05, 3.63) is 52.6 Å². The number of alkyl halides is 5. The summed E-state index contributed by atoms with van der Waals surface area (Å²) in [6.45, 7) is 5.07. The Bertz CT molecular complexity index is 1330. The van der Waals surface area contributed by atoms with Crippen molar-refractivity contribution >= 4 is 72.7 Å². The van der Waals surface area contributed by atoms with Gasteiger partial charge in [0.25, 0.3) is 0 Å². The number of hydrogen-bond acceptors (Lipinski definition) is 5. The Hall–Kier alpha value is -0.470. The lowest BCUT2D eigenvalue weighted by molar-refractivity contribution is -0.362. The van der Waals surface area contributed by atoms with Crippen LogP contribution in [0.25, 0.3) is 0 Å². The lowest BCUT2D eigenvalue weighted by Gasteiger charge is -2.56. The molecule has 1 N–H and O–H groups in total. The third-order valence-corrected chi connectivity index (χ3v) is 12.1. The normalized spacial score (nSPS) is 29.5. The lowest BCUT2D eigenvalue weighted by Crippen LogP contribution is -2.65. The zero-order chi connectivity index (χ0) is 30.0. The summed E-state index contributed by atoms with van der Waals surface area (Å²) >= 11 is 0. The van der Waals surface area contributed by atoms with Gasteiger partial charge in [0, 0.05) is 17.8 Å². The highest BCUT2D eigenvalue weighted by Gasteiger charge is 2.79. The van der Waals surface area contributed by atoms with Gasteiger partial charge in [0.1, 0.15) is 5.60 Å². The molecule has 258 valence electrons. The number of fused-ring (bicyclic) bond motifs is 4. The standard InChI is InChI=1S/C30H36F5O5P.4H2S/c1-4-39-41(38,40-5-2)21-10-6-18(7-11-21)24-17-27(3)25(14-15-28(27,37)29(31,32)30(33,34)35)23-12-8-19-16-20(36)9-13-22(19)26(23)24;;;;/h6-7,10-11,16,23-25,37H,4-5,8-9,12-15,17H2,1-3H3;4*1H2/t23-,24+,25-,27-,28-;;;;/m0..../s1. The molecule has 0 bridgehead atoms. The van der Waals surface area contributed by atoms with E-state index in [-0.39, 0.29) is 91.7 Å². The Morgan fingerprint density at radius 1 is 0.933 bits per heavy atom. The Balaban J connectivity index is 0.00000253. The first kappa shape index (κ1) is 42.6. The van der Waals surface area contributed by atoms with Gasteiger partial charge in [-0.2, -0.15) is 75.9 Å². The van der Waals surface area contributed by atoms with E-state index in [1.807, 2.05) is 0 Å². The van der Waals surface area contributed by atoms with Crippen LogP contribution in [-0.4, -0.2) is 41.8 Å². The quantitative estimate of drug-likeness (QED) is 0.228. The number of hydrogen-bond donors (Lipinski definition) is 1. The van der Waals surface area contributed by atoms with E-state index in [4.69, 9.17) is 9.05 Å². The molecule has 1 aromatic rings. The summed E-state index contributed by atoms with van der Waals surface area (Å²) in [6.07, 6.45) is -3.15. The van der Waals surface area contributed by atoms with Crippen LogP contribution < -0.4 is 5.30 Å². The fourth-order valence-electron chi connectivity index (χ4n) is 8.13. The molecule has 1 aromatic carbocycles. The van der Waals surface area contributed by atoms with Crippen molar-refractivity contribution < 1.29 is 45.5 Å². The summed E-state index contributed by atoms with van der Waals surface area (Å²) in [5.74, 6) is -6.73. The number of rotatable bonds is 7. The zero-order valence-electron chi connectivity index (χ0n) is 25.4. The van der Waals surface area contributed by atoms with E-state index in [0.717, 1.165) is 16.7 Å². The molecule has 0 amide bonds. The van der Waals surface area contributed by atoms with Gasteiger partial charge in [0.05, 0.1) is 18.5 Å². The van der Waals surface area contributed by atoms with Crippen molar-refractivity contribution in [1.82, 2.24) is 0 Å². The molecule has 5 nitrogen and oxygen atoms in total. The molecule has 0 saturated heterocycles. The number of ketones is 1. The molecule has 0 aliphatic heterocycles. The van der Waals surface area contributed by atoms with Gasteiger partial charge < -0.3 is 14.2 Å². The van der Waals surface area contributed by atoms with Crippen LogP contribution in [0.1, 0.15) is 77.2 Å². The van der Waals surface area contributed by atoms with E-state index in [1.165, 1.54) is 6.92 Å². The fourth-order valence-corrected chi connectivity index (χ4v) is 9.70. The molecule has 4 aliphatic carbocycles. The Kier molecular flexibility index (Phi) is 14.2. The smallest absolute Gasteiger partial charge is 0.383 e. The molecule has 0 unspecified atom stereocenters. The fraction of sp³-hybridized carbons (Fsp3) is 0.633. The average molecular weight is 739 g/mol. The first-order chi connectivity index (χ1) is 19.1. The van der Waals surface area contributed by atoms with Crippen molar-refractivity contribution in [3.8, 4) is 0 Å². The van der Waals surface area contributed by atoms with Crippen LogP contribution in [0.2, 0.25) is 0 Å². The monoisotopic (exact) mass is 738 g/mol. The van der Waals surface area contributed by atoms with Gasteiger partial charge >= 0.3 is 19.7 Å². The molecule has 45 heavy (non-hydrogen) atoms. The van der Waals surface area contributed by atoms with Gasteiger partial charge in [-0.3, -0.25) is 9.36 Å². The van der Waals surface area contributed by atoms with Crippen molar-refractivity contribution in [3.63, 3.8) is 0 Å². The van der Waals surface area contributed by atoms with Gasteiger partial charge in [-0.15, -0.1) is 0 Å². The van der Waals surface area contributed by atoms with Gasteiger partial charge in [0.2, 0.25) is 0 Å². The first-order valence-electron chi connectivity index (χ1n) is 14.3. The number of carbonyl (C=O) groups excluding carboxylic acids is 1. The number of aliphatic hydroxyl groups is 1. The topological polar surface area (TPSA) is 72.8 Å². The van der Waals surface area contributed by atoms with Gasteiger partial charge in [-0.25, -0.2) is 0 Å². The van der Waals surface area contributed by atoms with Crippen LogP contribution in [0.15, 0.2) is 47.1 Å². The highest BCUT2D eigenvalue weighted by molar-refractivity contribution is 7.62. The molecule has 0 aromatic heterocycles. The molecule has 0 heterocycles. The Labute approximate surface area is 289 Å². The average Bonchev–Trinajstić information content (AvgIpc) is 3.19. The predicted octanol–water partition coefficient (Wildman–Crippen LogP) is 7.86. The molecule has 0 spiro atoms. The largest absolute Gasteiger partial charge is 0.456 e. The molecule has 5 atom stereocenters. The molecule has 4 aliphatic rings. The highest BCUT2D eigenvalue weighted by atomic mass is 32.1. The summed E-state index contributed by atoms with van der Waals surface area (Å²) < 4.78 is 95.7. The van der Waals surface area contributed by atoms with Gasteiger partial charge in [-0.05, 0) is 99.1 Å². The summed E-state index contributed by atoms with van der Waals surface area (Å²) in [7, 11) is -3.61. The van der Waals surface area contributed by atoms with E-state index in [0.29, 0.717) is 36.6 Å². The Morgan fingerprint density at radius 3 is 2.04 bits per heavy atom. The van der Waals surface area contributed by atoms with Crippen LogP contribution in [0, 0.1) is 17.3 Å². The maximum Gasteiger partial charge on any atom is 0.456 e. The highest BCUT2D eigenvalue weighted by Crippen LogP contribution is 2.70. The van der Waals surface area contributed by atoms with Crippen molar-refractivity contribution in [2.24, 2.45) is 17.3 Å². The summed E-state index contributed by atoms with van der Waals surface area (Å²) in [5.41, 5.74) is -1.48. The number of allylic oxidation sites excluding steroid dienone is 4. The second-order valence-corrected chi connectivity index (χ2v) is 13.9. The lowest BCUT2D eigenvalue weighted by atomic mass is 9.50. The second-order valence-electron chi connectivity index (χ2n) is 11.9. The second kappa shape index (κ2) is 15.0. The zero-order valence-corrected chi connectivity index (χ0v) is 30.3. The SMILES string of the molecule is CCOP(=O)(OCC)c1ccc([C@H]2C[C@@]3(C)[C@@H](CC[C@@]3(O)C(F)(F)C(F)(F)F)[C@@H]3CCC4=CC(=O)CCC4=C32)cc1.S.S.S.S. The van der Waals surface area contributed by atoms with Crippen LogP contribution in [-0.2, 0) is 18.4 Å². The molecular weight excluding hydrogens is 695 g/mol. The molecule has 2 saturated carbocycles. The molecule has 15 heteroatoms. The minimum absolute atomic E-state index is 0. The van der Waals surface area contributed by atoms with Gasteiger partial charge in [0.15, 0.2) is 5.78 Å². The number of halogens is 5. The maximum atomic E-state index is 15.1. The minimum Gasteiger partial charge on any atom is -0.383 e. The van der Waals surface area contributed by atoms with E-state index in [9.17, 15) is 27.6 Å². The Morgan fingerprint density at radius 2 is 1.51 bits per heavy atom. The predicted molar refractivity (Wildman–Crippen MR) is 185 cm³/mol. The van der Waals surface area contributed by atoms with E-state index >= 15 is 8.78 Å². The third kappa shape index (κ3) is 6.74. The van der Waals surface area contributed by atoms with Gasteiger partial charge in [-0.1, -0.05) is 24.6 Å².